The second-order valence-corrected chi connectivity index (χ2v) is 5.41. The van der Waals surface area contributed by atoms with Crippen molar-refractivity contribution in [1.29, 1.82) is 0 Å². The molecule has 2 atom stereocenters. The van der Waals surface area contributed by atoms with E-state index in [0.717, 1.165) is 12.3 Å². The van der Waals surface area contributed by atoms with Crippen molar-refractivity contribution in [3.05, 3.63) is 11.6 Å². The highest BCUT2D eigenvalue weighted by Crippen LogP contribution is 2.17. The average molecular weight is 224 g/mol. The molecule has 0 saturated heterocycles. The van der Waals surface area contributed by atoms with Gasteiger partial charge in [-0.05, 0) is 46.0 Å². The fourth-order valence-electron chi connectivity index (χ4n) is 1.78. The largest absolute Gasteiger partial charge is 0.300 e. The van der Waals surface area contributed by atoms with Crippen LogP contribution in [-0.2, 0) is 4.79 Å². The third kappa shape index (κ3) is 8.70. The highest BCUT2D eigenvalue weighted by Gasteiger charge is 2.08. The fraction of sp³-hybridized carbons (Fsp3) is 0.800. The molecule has 0 aromatic carbocycles. The summed E-state index contributed by atoms with van der Waals surface area (Å²) < 4.78 is 0. The topological polar surface area (TPSA) is 17.1 Å². The summed E-state index contributed by atoms with van der Waals surface area (Å²) in [6.45, 7) is 10.4. The van der Waals surface area contributed by atoms with Crippen LogP contribution in [0, 0.1) is 11.8 Å². The highest BCUT2D eigenvalue weighted by atomic mass is 16.1. The molecule has 0 aromatic rings. The van der Waals surface area contributed by atoms with E-state index in [1.165, 1.54) is 31.3 Å². The SMILES string of the molecule is CC(=O)C(C)CCCC(C)CCC=C(C)C. The molecule has 0 aliphatic heterocycles. The Morgan fingerprint density at radius 1 is 1.06 bits per heavy atom. The molecule has 16 heavy (non-hydrogen) atoms. The van der Waals surface area contributed by atoms with Gasteiger partial charge >= 0.3 is 0 Å². The van der Waals surface area contributed by atoms with Crippen LogP contribution in [0.15, 0.2) is 11.6 Å². The van der Waals surface area contributed by atoms with Crippen molar-refractivity contribution in [3.8, 4) is 0 Å². The minimum absolute atomic E-state index is 0.255. The number of allylic oxidation sites excluding steroid dienone is 2. The smallest absolute Gasteiger partial charge is 0.132 e. The lowest BCUT2D eigenvalue weighted by atomic mass is 9.94. The molecule has 0 bridgehead atoms. The molecule has 94 valence electrons. The molecule has 0 radical (unpaired) electrons. The van der Waals surface area contributed by atoms with Crippen molar-refractivity contribution in [2.24, 2.45) is 11.8 Å². The number of rotatable bonds is 8. The lowest BCUT2D eigenvalue weighted by Gasteiger charge is -2.11. The molecule has 1 heteroatoms. The van der Waals surface area contributed by atoms with E-state index in [2.05, 4.69) is 26.8 Å². The summed E-state index contributed by atoms with van der Waals surface area (Å²) in [5.74, 6) is 1.37. The zero-order chi connectivity index (χ0) is 12.6. The molecule has 1 nitrogen and oxygen atoms in total. The first-order valence-corrected chi connectivity index (χ1v) is 6.57. The van der Waals surface area contributed by atoms with Crippen LogP contribution in [0.4, 0.5) is 0 Å². The van der Waals surface area contributed by atoms with Crippen molar-refractivity contribution in [3.63, 3.8) is 0 Å². The van der Waals surface area contributed by atoms with E-state index in [4.69, 9.17) is 0 Å². The molecular weight excluding hydrogens is 196 g/mol. The summed E-state index contributed by atoms with van der Waals surface area (Å²) in [4.78, 5) is 11.1. The van der Waals surface area contributed by atoms with Gasteiger partial charge in [0.15, 0.2) is 0 Å². The minimum Gasteiger partial charge on any atom is -0.300 e. The first-order valence-electron chi connectivity index (χ1n) is 6.57. The van der Waals surface area contributed by atoms with Crippen LogP contribution in [0.2, 0.25) is 0 Å². The third-order valence-corrected chi connectivity index (χ3v) is 3.24. The van der Waals surface area contributed by atoms with Crippen LogP contribution in [0.3, 0.4) is 0 Å². The quantitative estimate of drug-likeness (QED) is 0.543. The number of ketones is 1. The Balaban J connectivity index is 3.54. The van der Waals surface area contributed by atoms with E-state index in [9.17, 15) is 4.79 Å². The predicted molar refractivity (Wildman–Crippen MR) is 71.5 cm³/mol. The molecule has 0 aromatic heterocycles. The van der Waals surface area contributed by atoms with Crippen molar-refractivity contribution in [2.45, 2.75) is 66.7 Å². The van der Waals surface area contributed by atoms with Gasteiger partial charge in [0.2, 0.25) is 0 Å². The fourth-order valence-corrected chi connectivity index (χ4v) is 1.78. The van der Waals surface area contributed by atoms with Crippen LogP contribution in [-0.4, -0.2) is 5.78 Å². The molecule has 2 unspecified atom stereocenters. The first-order chi connectivity index (χ1) is 7.43. The van der Waals surface area contributed by atoms with Gasteiger partial charge in [-0.2, -0.15) is 0 Å². The number of carbonyl (C=O) groups excluding carboxylic acids is 1. The molecule has 0 heterocycles. The van der Waals surface area contributed by atoms with Gasteiger partial charge in [0.25, 0.3) is 0 Å². The molecule has 0 spiro atoms. The van der Waals surface area contributed by atoms with Gasteiger partial charge in [-0.15, -0.1) is 0 Å². The van der Waals surface area contributed by atoms with Crippen LogP contribution < -0.4 is 0 Å². The second kappa shape index (κ2) is 8.55. The van der Waals surface area contributed by atoms with Crippen LogP contribution in [0.1, 0.15) is 66.7 Å². The molecule has 0 amide bonds. The predicted octanol–water partition coefficient (Wildman–Crippen LogP) is 4.76. The minimum atomic E-state index is 0.255. The number of Topliss-reactive ketones (excluding diaryl/α,β-unsaturated/α-hetero) is 1. The molecule has 0 aliphatic rings. The summed E-state index contributed by atoms with van der Waals surface area (Å²) in [6.07, 6.45) is 8.30. The molecule has 0 aliphatic carbocycles. The highest BCUT2D eigenvalue weighted by molar-refractivity contribution is 5.77. The van der Waals surface area contributed by atoms with Gasteiger partial charge in [-0.1, -0.05) is 38.3 Å². The summed E-state index contributed by atoms with van der Waals surface area (Å²) in [5.41, 5.74) is 1.41. The standard InChI is InChI=1S/C15H28O/c1-12(2)8-6-9-13(3)10-7-11-14(4)15(5)16/h8,13-14H,6-7,9-11H2,1-5H3. The number of hydrogen-bond acceptors (Lipinski definition) is 1. The van der Waals surface area contributed by atoms with E-state index in [0.29, 0.717) is 5.78 Å². The van der Waals surface area contributed by atoms with E-state index >= 15 is 0 Å². The van der Waals surface area contributed by atoms with E-state index in [1.807, 2.05) is 6.92 Å². The van der Waals surface area contributed by atoms with Crippen molar-refractivity contribution in [1.82, 2.24) is 0 Å². The zero-order valence-corrected chi connectivity index (χ0v) is 11.7. The summed E-state index contributed by atoms with van der Waals surface area (Å²) in [5, 5.41) is 0. The Labute approximate surface area is 101 Å². The van der Waals surface area contributed by atoms with Gasteiger partial charge in [0.05, 0.1) is 0 Å². The van der Waals surface area contributed by atoms with Gasteiger partial charge in [0, 0.05) is 5.92 Å². The van der Waals surface area contributed by atoms with Crippen LogP contribution in [0.25, 0.3) is 0 Å². The molecule has 0 saturated carbocycles. The molecule has 0 N–H and O–H groups in total. The van der Waals surface area contributed by atoms with Crippen molar-refractivity contribution >= 4 is 5.78 Å². The maximum Gasteiger partial charge on any atom is 0.132 e. The van der Waals surface area contributed by atoms with Crippen molar-refractivity contribution in [2.75, 3.05) is 0 Å². The number of carbonyl (C=O) groups is 1. The normalized spacial score (nSPS) is 14.3. The Morgan fingerprint density at radius 2 is 1.69 bits per heavy atom. The monoisotopic (exact) mass is 224 g/mol. The van der Waals surface area contributed by atoms with E-state index in [1.54, 1.807) is 6.92 Å². The number of hydrogen-bond donors (Lipinski definition) is 0. The van der Waals surface area contributed by atoms with Crippen LogP contribution >= 0.6 is 0 Å². The van der Waals surface area contributed by atoms with Crippen molar-refractivity contribution < 1.29 is 4.79 Å². The molecular formula is C15H28O. The Morgan fingerprint density at radius 3 is 2.19 bits per heavy atom. The molecule has 0 rings (SSSR count). The summed E-state index contributed by atoms with van der Waals surface area (Å²) >= 11 is 0. The van der Waals surface area contributed by atoms with E-state index in [-0.39, 0.29) is 5.92 Å². The van der Waals surface area contributed by atoms with Gasteiger partial charge < -0.3 is 0 Å². The third-order valence-electron chi connectivity index (χ3n) is 3.24. The maximum absolute atomic E-state index is 11.1. The first kappa shape index (κ1) is 15.4. The average Bonchev–Trinajstić information content (AvgIpc) is 2.16. The summed E-state index contributed by atoms with van der Waals surface area (Å²) in [7, 11) is 0. The molecule has 0 fully saturated rings. The zero-order valence-electron chi connectivity index (χ0n) is 11.7. The summed E-state index contributed by atoms with van der Waals surface area (Å²) in [6, 6.07) is 0. The second-order valence-electron chi connectivity index (χ2n) is 5.41. The van der Waals surface area contributed by atoms with Gasteiger partial charge in [0.1, 0.15) is 5.78 Å². The maximum atomic E-state index is 11.1. The Kier molecular flexibility index (Phi) is 8.23. The van der Waals surface area contributed by atoms with Gasteiger partial charge in [-0.25, -0.2) is 0 Å². The lowest BCUT2D eigenvalue weighted by molar-refractivity contribution is -0.120. The van der Waals surface area contributed by atoms with Crippen LogP contribution in [0.5, 0.6) is 0 Å². The lowest BCUT2D eigenvalue weighted by Crippen LogP contribution is -2.06. The van der Waals surface area contributed by atoms with Gasteiger partial charge in [-0.3, -0.25) is 4.79 Å². The Bertz CT molecular complexity index is 224. The Hall–Kier alpha value is -0.590. The van der Waals surface area contributed by atoms with E-state index < -0.39 is 0 Å².